The number of aliphatic hydroxyl groups is 1. The third-order valence-electron chi connectivity index (χ3n) is 2.76. The van der Waals surface area contributed by atoms with Crippen LogP contribution in [0.2, 0.25) is 0 Å². The monoisotopic (exact) mass is 237 g/mol. The maximum atomic E-state index is 11.4. The first-order valence-electron chi connectivity index (χ1n) is 5.75. The van der Waals surface area contributed by atoms with Crippen LogP contribution in [0.5, 0.6) is 0 Å². The highest BCUT2D eigenvalue weighted by Crippen LogP contribution is 2.26. The summed E-state index contributed by atoms with van der Waals surface area (Å²) in [4.78, 5) is 13.5. The van der Waals surface area contributed by atoms with Crippen molar-refractivity contribution < 1.29 is 14.6 Å². The van der Waals surface area contributed by atoms with Gasteiger partial charge in [0.25, 0.3) is 0 Å². The van der Waals surface area contributed by atoms with E-state index in [4.69, 9.17) is 0 Å². The molecule has 1 unspecified atom stereocenters. The number of anilines is 1. The molecule has 0 saturated heterocycles. The molecule has 0 aromatic heterocycles. The molecule has 4 nitrogen and oxygen atoms in total. The second-order valence-electron chi connectivity index (χ2n) is 3.66. The lowest BCUT2D eigenvalue weighted by Gasteiger charge is -2.25. The molecule has 1 N–H and O–H groups in total. The number of aliphatic hydroxyl groups excluding tert-OH is 1. The third-order valence-corrected chi connectivity index (χ3v) is 2.76. The Morgan fingerprint density at radius 1 is 1.35 bits per heavy atom. The molecule has 0 saturated carbocycles. The SMILES string of the molecule is CCN(CC)c1ccccc1C(O)C(=O)OC. The Kier molecular flexibility index (Phi) is 4.97. The first-order valence-corrected chi connectivity index (χ1v) is 5.75. The van der Waals surface area contributed by atoms with Crippen LogP contribution < -0.4 is 4.90 Å². The molecule has 0 spiro atoms. The number of carbonyl (C=O) groups excluding carboxylic acids is 1. The molecule has 0 aliphatic carbocycles. The van der Waals surface area contributed by atoms with Crippen LogP contribution >= 0.6 is 0 Å². The minimum absolute atomic E-state index is 0.586. The smallest absolute Gasteiger partial charge is 0.339 e. The maximum absolute atomic E-state index is 11.4. The van der Waals surface area contributed by atoms with Crippen molar-refractivity contribution in [3.63, 3.8) is 0 Å². The first kappa shape index (κ1) is 13.5. The molecular weight excluding hydrogens is 218 g/mol. The Bertz CT molecular complexity index is 375. The van der Waals surface area contributed by atoms with Crippen molar-refractivity contribution in [1.82, 2.24) is 0 Å². The van der Waals surface area contributed by atoms with E-state index in [0.717, 1.165) is 18.8 Å². The minimum atomic E-state index is -1.23. The number of esters is 1. The van der Waals surface area contributed by atoms with Gasteiger partial charge in [-0.1, -0.05) is 18.2 Å². The van der Waals surface area contributed by atoms with Gasteiger partial charge in [-0.25, -0.2) is 4.79 Å². The van der Waals surface area contributed by atoms with Gasteiger partial charge >= 0.3 is 5.97 Å². The number of rotatable bonds is 5. The topological polar surface area (TPSA) is 49.8 Å². The molecule has 0 aliphatic rings. The van der Waals surface area contributed by atoms with Crippen molar-refractivity contribution in [3.05, 3.63) is 29.8 Å². The van der Waals surface area contributed by atoms with E-state index in [0.29, 0.717) is 5.56 Å². The summed E-state index contributed by atoms with van der Waals surface area (Å²) in [5.74, 6) is -0.635. The van der Waals surface area contributed by atoms with Crippen molar-refractivity contribution >= 4 is 11.7 Å². The van der Waals surface area contributed by atoms with Gasteiger partial charge in [0.1, 0.15) is 0 Å². The van der Waals surface area contributed by atoms with E-state index in [1.807, 2.05) is 26.0 Å². The van der Waals surface area contributed by atoms with Gasteiger partial charge in [-0.3, -0.25) is 0 Å². The predicted molar refractivity (Wildman–Crippen MR) is 67.0 cm³/mol. The van der Waals surface area contributed by atoms with E-state index < -0.39 is 12.1 Å². The third kappa shape index (κ3) is 2.97. The van der Waals surface area contributed by atoms with Crippen LogP contribution in [0.4, 0.5) is 5.69 Å². The Labute approximate surface area is 102 Å². The fraction of sp³-hybridized carbons (Fsp3) is 0.462. The second kappa shape index (κ2) is 6.25. The van der Waals surface area contributed by atoms with E-state index in [-0.39, 0.29) is 0 Å². The van der Waals surface area contributed by atoms with E-state index in [1.165, 1.54) is 7.11 Å². The van der Waals surface area contributed by atoms with Gasteiger partial charge < -0.3 is 14.7 Å². The number of para-hydroxylation sites is 1. The summed E-state index contributed by atoms with van der Waals surface area (Å²) >= 11 is 0. The van der Waals surface area contributed by atoms with E-state index in [2.05, 4.69) is 9.64 Å². The Balaban J connectivity index is 3.10. The van der Waals surface area contributed by atoms with Crippen LogP contribution in [-0.2, 0) is 9.53 Å². The van der Waals surface area contributed by atoms with Crippen LogP contribution in [0.3, 0.4) is 0 Å². The summed E-state index contributed by atoms with van der Waals surface area (Å²) < 4.78 is 4.56. The largest absolute Gasteiger partial charge is 0.467 e. The van der Waals surface area contributed by atoms with Crippen LogP contribution in [0.15, 0.2) is 24.3 Å². The van der Waals surface area contributed by atoms with Crippen molar-refractivity contribution in [2.45, 2.75) is 20.0 Å². The fourth-order valence-corrected chi connectivity index (χ4v) is 1.81. The normalized spacial score (nSPS) is 12.0. The van der Waals surface area contributed by atoms with Gasteiger partial charge in [-0.2, -0.15) is 0 Å². The average molecular weight is 237 g/mol. The molecule has 4 heteroatoms. The quantitative estimate of drug-likeness (QED) is 0.792. The van der Waals surface area contributed by atoms with Gasteiger partial charge in [0, 0.05) is 24.3 Å². The fourth-order valence-electron chi connectivity index (χ4n) is 1.81. The molecule has 0 heterocycles. The molecule has 1 rings (SSSR count). The summed E-state index contributed by atoms with van der Waals surface area (Å²) in [6.45, 7) is 5.71. The lowest BCUT2D eigenvalue weighted by Crippen LogP contribution is -2.25. The number of benzene rings is 1. The molecule has 0 aliphatic heterocycles. The van der Waals surface area contributed by atoms with Gasteiger partial charge in [-0.05, 0) is 19.9 Å². The van der Waals surface area contributed by atoms with Gasteiger partial charge in [0.05, 0.1) is 7.11 Å². The number of methoxy groups -OCH3 is 1. The zero-order chi connectivity index (χ0) is 12.8. The van der Waals surface area contributed by atoms with Gasteiger partial charge in [-0.15, -0.1) is 0 Å². The lowest BCUT2D eigenvalue weighted by atomic mass is 10.1. The molecule has 0 radical (unpaired) electrons. The average Bonchev–Trinajstić information content (AvgIpc) is 2.39. The summed E-state index contributed by atoms with van der Waals surface area (Å²) in [5, 5.41) is 9.91. The zero-order valence-corrected chi connectivity index (χ0v) is 10.5. The minimum Gasteiger partial charge on any atom is -0.467 e. The van der Waals surface area contributed by atoms with Crippen LogP contribution in [0, 0.1) is 0 Å². The molecule has 1 atom stereocenters. The van der Waals surface area contributed by atoms with Crippen molar-refractivity contribution in [2.75, 3.05) is 25.1 Å². The molecule has 0 bridgehead atoms. The Hall–Kier alpha value is -1.55. The summed E-state index contributed by atoms with van der Waals surface area (Å²) in [6.07, 6.45) is -1.23. The highest BCUT2D eigenvalue weighted by molar-refractivity contribution is 5.79. The number of carbonyl (C=O) groups is 1. The number of hydrogen-bond acceptors (Lipinski definition) is 4. The summed E-state index contributed by atoms with van der Waals surface area (Å²) in [5.41, 5.74) is 1.46. The zero-order valence-electron chi connectivity index (χ0n) is 10.5. The molecule has 1 aromatic rings. The molecule has 1 aromatic carbocycles. The van der Waals surface area contributed by atoms with Crippen molar-refractivity contribution in [3.8, 4) is 0 Å². The second-order valence-corrected chi connectivity index (χ2v) is 3.66. The maximum Gasteiger partial charge on any atom is 0.339 e. The van der Waals surface area contributed by atoms with Crippen molar-refractivity contribution in [1.29, 1.82) is 0 Å². The lowest BCUT2D eigenvalue weighted by molar-refractivity contribution is -0.150. The summed E-state index contributed by atoms with van der Waals surface area (Å²) in [7, 11) is 1.27. The van der Waals surface area contributed by atoms with E-state index in [1.54, 1.807) is 12.1 Å². The summed E-state index contributed by atoms with van der Waals surface area (Å²) in [6, 6.07) is 7.33. The molecular formula is C13H19NO3. The number of hydrogen-bond donors (Lipinski definition) is 1. The first-order chi connectivity index (χ1) is 8.15. The van der Waals surface area contributed by atoms with Crippen molar-refractivity contribution in [2.24, 2.45) is 0 Å². The van der Waals surface area contributed by atoms with Crippen LogP contribution in [0.25, 0.3) is 0 Å². The Morgan fingerprint density at radius 3 is 2.47 bits per heavy atom. The molecule has 0 fully saturated rings. The number of ether oxygens (including phenoxy) is 1. The molecule has 0 amide bonds. The van der Waals surface area contributed by atoms with Gasteiger partial charge in [0.15, 0.2) is 6.10 Å². The van der Waals surface area contributed by atoms with Crippen LogP contribution in [0.1, 0.15) is 25.5 Å². The predicted octanol–water partition coefficient (Wildman–Crippen LogP) is 1.74. The Morgan fingerprint density at radius 2 is 1.94 bits per heavy atom. The molecule has 17 heavy (non-hydrogen) atoms. The van der Waals surface area contributed by atoms with Crippen LogP contribution in [-0.4, -0.2) is 31.3 Å². The number of nitrogens with zero attached hydrogens (tertiary/aromatic N) is 1. The van der Waals surface area contributed by atoms with E-state index >= 15 is 0 Å². The van der Waals surface area contributed by atoms with E-state index in [9.17, 15) is 9.90 Å². The molecule has 94 valence electrons. The van der Waals surface area contributed by atoms with Gasteiger partial charge in [0.2, 0.25) is 0 Å². The standard InChI is InChI=1S/C13H19NO3/c1-4-14(5-2)11-9-7-6-8-10(11)12(15)13(16)17-3/h6-9,12,15H,4-5H2,1-3H3. The highest BCUT2D eigenvalue weighted by Gasteiger charge is 2.22. The highest BCUT2D eigenvalue weighted by atomic mass is 16.5.